The molecule has 4 nitrogen and oxygen atoms in total. The van der Waals surface area contributed by atoms with Crippen LogP contribution in [-0.2, 0) is 16.3 Å². The summed E-state index contributed by atoms with van der Waals surface area (Å²) in [5.74, 6) is -4.43. The molecule has 0 aliphatic carbocycles. The maximum atomic E-state index is 14.3. The van der Waals surface area contributed by atoms with E-state index in [2.05, 4.69) is 9.17 Å². The van der Waals surface area contributed by atoms with Gasteiger partial charge >= 0.3 is 21.8 Å². The van der Waals surface area contributed by atoms with Gasteiger partial charge in [-0.05, 0) is 35.4 Å². The first-order chi connectivity index (χ1) is 13.7. The smallest absolute Gasteiger partial charge is 0.373 e. The van der Waals surface area contributed by atoms with Gasteiger partial charge in [-0.1, -0.05) is 12.1 Å². The third kappa shape index (κ3) is 3.88. The first-order valence-electron chi connectivity index (χ1n) is 7.67. The van der Waals surface area contributed by atoms with Crippen LogP contribution in [0.3, 0.4) is 0 Å². The zero-order chi connectivity index (χ0) is 22.5. The molecule has 0 amide bonds. The van der Waals surface area contributed by atoms with E-state index in [1.807, 2.05) is 0 Å². The van der Waals surface area contributed by atoms with Crippen molar-refractivity contribution in [2.24, 2.45) is 0 Å². The van der Waals surface area contributed by atoms with Crippen molar-refractivity contribution in [1.29, 1.82) is 0 Å². The topological polar surface area (TPSA) is 56.3 Å². The molecule has 30 heavy (non-hydrogen) atoms. The van der Waals surface area contributed by atoms with Crippen molar-refractivity contribution < 1.29 is 47.7 Å². The number of rotatable bonds is 3. The van der Waals surface area contributed by atoms with Crippen LogP contribution < -0.4 is 4.18 Å². The van der Waals surface area contributed by atoms with Gasteiger partial charge in [0.15, 0.2) is 17.4 Å². The largest absolute Gasteiger partial charge is 0.534 e. The number of pyridine rings is 1. The van der Waals surface area contributed by atoms with Crippen LogP contribution in [0.15, 0.2) is 42.6 Å². The third-order valence-corrected chi connectivity index (χ3v) is 4.85. The van der Waals surface area contributed by atoms with Crippen molar-refractivity contribution in [2.75, 3.05) is 0 Å². The molecule has 1 heterocycles. The maximum Gasteiger partial charge on any atom is 0.534 e. The average Bonchev–Trinajstić information content (AvgIpc) is 2.61. The van der Waals surface area contributed by atoms with Gasteiger partial charge in [0.2, 0.25) is 0 Å². The first-order valence-corrected chi connectivity index (χ1v) is 9.08. The lowest BCUT2D eigenvalue weighted by atomic mass is 9.99. The Kier molecular flexibility index (Phi) is 5.13. The summed E-state index contributed by atoms with van der Waals surface area (Å²) in [6.07, 6.45) is -4.07. The lowest BCUT2D eigenvalue weighted by Gasteiger charge is -2.13. The second-order valence-electron chi connectivity index (χ2n) is 5.81. The second kappa shape index (κ2) is 7.07. The number of fused-ring (bicyclic) bond motifs is 1. The molecule has 0 spiro atoms. The van der Waals surface area contributed by atoms with Crippen LogP contribution in [0.1, 0.15) is 5.56 Å². The van der Waals surface area contributed by atoms with Crippen molar-refractivity contribution in [3.63, 3.8) is 0 Å². The van der Waals surface area contributed by atoms with Gasteiger partial charge in [0.1, 0.15) is 5.52 Å². The Bertz CT molecular complexity index is 1240. The molecule has 0 atom stereocenters. The van der Waals surface area contributed by atoms with E-state index in [1.165, 1.54) is 6.07 Å². The molecule has 2 aromatic carbocycles. The highest BCUT2D eigenvalue weighted by molar-refractivity contribution is 7.88. The number of aromatic nitrogens is 1. The summed E-state index contributed by atoms with van der Waals surface area (Å²) >= 11 is 0. The van der Waals surface area contributed by atoms with Gasteiger partial charge in [0, 0.05) is 11.6 Å². The summed E-state index contributed by atoms with van der Waals surface area (Å²) in [4.78, 5) is 3.55. The Morgan fingerprint density at radius 2 is 1.57 bits per heavy atom. The molecule has 0 aliphatic rings. The van der Waals surface area contributed by atoms with E-state index < -0.39 is 50.3 Å². The highest BCUT2D eigenvalue weighted by atomic mass is 32.2. The van der Waals surface area contributed by atoms with Gasteiger partial charge < -0.3 is 4.18 Å². The lowest BCUT2D eigenvalue weighted by Crippen LogP contribution is -2.28. The van der Waals surface area contributed by atoms with Crippen LogP contribution in [-0.4, -0.2) is 18.9 Å². The Morgan fingerprint density at radius 3 is 2.17 bits per heavy atom. The van der Waals surface area contributed by atoms with E-state index in [9.17, 15) is 43.5 Å². The molecule has 160 valence electrons. The van der Waals surface area contributed by atoms with Crippen molar-refractivity contribution in [1.82, 2.24) is 4.98 Å². The summed E-state index contributed by atoms with van der Waals surface area (Å²) in [6, 6.07) is 4.65. The SMILES string of the molecule is O=S(=O)(Oc1cc(-c2ccnc3c(F)c(C(F)(F)F)ccc23)ccc1F)C(F)(F)F. The van der Waals surface area contributed by atoms with Gasteiger partial charge in [-0.25, -0.2) is 8.78 Å². The molecular formula is C17H7F8NO3S. The summed E-state index contributed by atoms with van der Waals surface area (Å²) in [7, 11) is -6.18. The number of hydrogen-bond acceptors (Lipinski definition) is 4. The Morgan fingerprint density at radius 1 is 0.900 bits per heavy atom. The lowest BCUT2D eigenvalue weighted by molar-refractivity contribution is -0.139. The van der Waals surface area contributed by atoms with Crippen LogP contribution in [0.25, 0.3) is 22.0 Å². The standard InChI is InChI=1S/C17H7F8NO3S/c18-12-4-1-8(7-13(12)29-30(27,28)17(23,24)25)9-5-6-26-15-10(9)2-3-11(14(15)19)16(20,21)22/h1-7H. The molecule has 0 radical (unpaired) electrons. The summed E-state index contributed by atoms with van der Waals surface area (Å²) in [5.41, 5.74) is -8.32. The maximum absolute atomic E-state index is 14.3. The number of benzene rings is 2. The minimum absolute atomic E-state index is 0.0538. The minimum atomic E-state index is -6.18. The number of hydrogen-bond donors (Lipinski definition) is 0. The van der Waals surface area contributed by atoms with Crippen molar-refractivity contribution in [3.05, 3.63) is 59.8 Å². The fraction of sp³-hybridized carbons (Fsp3) is 0.118. The molecule has 0 fully saturated rings. The third-order valence-electron chi connectivity index (χ3n) is 3.88. The highest BCUT2D eigenvalue weighted by Gasteiger charge is 2.49. The van der Waals surface area contributed by atoms with E-state index in [0.717, 1.165) is 18.3 Å². The van der Waals surface area contributed by atoms with Crippen molar-refractivity contribution in [2.45, 2.75) is 11.7 Å². The minimum Gasteiger partial charge on any atom is -0.373 e. The predicted molar refractivity (Wildman–Crippen MR) is 87.7 cm³/mol. The fourth-order valence-electron chi connectivity index (χ4n) is 2.56. The van der Waals surface area contributed by atoms with Crippen LogP contribution in [0.2, 0.25) is 0 Å². The van der Waals surface area contributed by atoms with Crippen molar-refractivity contribution in [3.8, 4) is 16.9 Å². The van der Waals surface area contributed by atoms with Crippen LogP contribution >= 0.6 is 0 Å². The highest BCUT2D eigenvalue weighted by Crippen LogP contribution is 2.38. The summed E-state index contributed by atoms with van der Waals surface area (Å²) < 4.78 is 130. The fourth-order valence-corrected chi connectivity index (χ4v) is 3.01. The van der Waals surface area contributed by atoms with Crippen LogP contribution in [0.4, 0.5) is 35.1 Å². The quantitative estimate of drug-likeness (QED) is 0.299. The van der Waals surface area contributed by atoms with Crippen molar-refractivity contribution >= 4 is 21.0 Å². The summed E-state index contributed by atoms with van der Waals surface area (Å²) in [5, 5.41) is -0.181. The Labute approximate surface area is 162 Å². The molecule has 0 bridgehead atoms. The average molecular weight is 457 g/mol. The molecule has 0 saturated carbocycles. The zero-order valence-electron chi connectivity index (χ0n) is 14.1. The monoisotopic (exact) mass is 457 g/mol. The molecule has 0 N–H and O–H groups in total. The number of nitrogens with zero attached hydrogens (tertiary/aromatic N) is 1. The van der Waals surface area contributed by atoms with E-state index in [-0.39, 0.29) is 16.5 Å². The molecule has 1 aromatic heterocycles. The van der Waals surface area contributed by atoms with Crippen LogP contribution in [0, 0.1) is 11.6 Å². The summed E-state index contributed by atoms with van der Waals surface area (Å²) in [6.45, 7) is 0. The number of halogens is 8. The van der Waals surface area contributed by atoms with E-state index in [0.29, 0.717) is 18.2 Å². The second-order valence-corrected chi connectivity index (χ2v) is 7.35. The Hall–Kier alpha value is -2.96. The molecule has 3 aromatic rings. The van der Waals surface area contributed by atoms with Crippen LogP contribution in [0.5, 0.6) is 5.75 Å². The number of alkyl halides is 6. The van der Waals surface area contributed by atoms with E-state index in [4.69, 9.17) is 0 Å². The van der Waals surface area contributed by atoms with Gasteiger partial charge in [-0.15, -0.1) is 0 Å². The van der Waals surface area contributed by atoms with Gasteiger partial charge in [-0.3, -0.25) is 4.98 Å². The molecule has 13 heteroatoms. The van der Waals surface area contributed by atoms with Gasteiger partial charge in [-0.2, -0.15) is 34.8 Å². The zero-order valence-corrected chi connectivity index (χ0v) is 15.0. The predicted octanol–water partition coefficient (Wildman–Crippen LogP) is 5.43. The molecule has 0 unspecified atom stereocenters. The molecule has 0 saturated heterocycles. The normalized spacial score (nSPS) is 12.9. The Balaban J connectivity index is 2.17. The van der Waals surface area contributed by atoms with E-state index in [1.54, 1.807) is 0 Å². The molecule has 3 rings (SSSR count). The first kappa shape index (κ1) is 21.7. The van der Waals surface area contributed by atoms with Gasteiger partial charge in [0.05, 0.1) is 5.56 Å². The molecular weight excluding hydrogens is 450 g/mol. The molecule has 0 aliphatic heterocycles. The van der Waals surface area contributed by atoms with Gasteiger partial charge in [0.25, 0.3) is 0 Å². The van der Waals surface area contributed by atoms with E-state index >= 15 is 0 Å².